The highest BCUT2D eigenvalue weighted by Crippen LogP contribution is 2.15. The van der Waals surface area contributed by atoms with E-state index in [4.69, 9.17) is 0 Å². The van der Waals surface area contributed by atoms with Crippen LogP contribution in [0.15, 0.2) is 38.5 Å². The highest BCUT2D eigenvalue weighted by atomic mass is 79.9. The van der Waals surface area contributed by atoms with Crippen molar-refractivity contribution in [3.63, 3.8) is 0 Å². The lowest BCUT2D eigenvalue weighted by Crippen LogP contribution is -2.22. The van der Waals surface area contributed by atoms with E-state index in [1.165, 1.54) is 0 Å². The van der Waals surface area contributed by atoms with Crippen molar-refractivity contribution in [2.45, 2.75) is 26.4 Å². The molecular formula is C12H13Br2N3O. The Hall–Kier alpha value is -0.880. The molecule has 0 amide bonds. The van der Waals surface area contributed by atoms with Crippen molar-refractivity contribution in [2.75, 3.05) is 0 Å². The summed E-state index contributed by atoms with van der Waals surface area (Å²) in [6.45, 7) is 4.69. The van der Waals surface area contributed by atoms with E-state index in [0.717, 1.165) is 10.2 Å². The number of aromatic nitrogens is 3. The molecule has 0 saturated heterocycles. The Bertz CT molecular complexity index is 616. The van der Waals surface area contributed by atoms with Crippen molar-refractivity contribution in [2.24, 2.45) is 0 Å². The van der Waals surface area contributed by atoms with Crippen LogP contribution in [0.5, 0.6) is 0 Å². The first kappa shape index (κ1) is 13.5. The van der Waals surface area contributed by atoms with Gasteiger partial charge in [0.15, 0.2) is 0 Å². The first-order valence-corrected chi connectivity index (χ1v) is 7.14. The van der Waals surface area contributed by atoms with Crippen LogP contribution in [0.2, 0.25) is 0 Å². The van der Waals surface area contributed by atoms with E-state index in [1.54, 1.807) is 29.4 Å². The Morgan fingerprint density at radius 3 is 2.78 bits per heavy atom. The summed E-state index contributed by atoms with van der Waals surface area (Å²) in [6, 6.07) is 2.08. The van der Waals surface area contributed by atoms with E-state index in [0.29, 0.717) is 17.1 Å². The topological polar surface area (TPSA) is 39.8 Å². The predicted octanol–water partition coefficient (Wildman–Crippen LogP) is 3.20. The maximum absolute atomic E-state index is 12.0. The molecule has 0 aliphatic heterocycles. The number of hydrogen-bond acceptors (Lipinski definition) is 2. The number of hydrogen-bond donors (Lipinski definition) is 0. The Morgan fingerprint density at radius 1 is 1.39 bits per heavy atom. The SMILES string of the molecule is CC(C)n1cncc1Cn1cc(Br)cc(Br)c1=O. The van der Waals surface area contributed by atoms with Gasteiger partial charge in [-0.2, -0.15) is 0 Å². The summed E-state index contributed by atoms with van der Waals surface area (Å²) < 4.78 is 5.13. The molecule has 2 rings (SSSR count). The maximum Gasteiger partial charge on any atom is 0.265 e. The van der Waals surface area contributed by atoms with Crippen LogP contribution in [0.25, 0.3) is 0 Å². The van der Waals surface area contributed by atoms with Gasteiger partial charge in [0.05, 0.1) is 23.0 Å². The summed E-state index contributed by atoms with van der Waals surface area (Å²) in [7, 11) is 0. The molecule has 0 aliphatic carbocycles. The summed E-state index contributed by atoms with van der Waals surface area (Å²) in [5.41, 5.74) is 0.965. The molecule has 0 saturated carbocycles. The van der Waals surface area contributed by atoms with Crippen LogP contribution in [-0.4, -0.2) is 14.1 Å². The van der Waals surface area contributed by atoms with Gasteiger partial charge in [-0.15, -0.1) is 0 Å². The summed E-state index contributed by atoms with van der Waals surface area (Å²) in [5.74, 6) is 0. The highest BCUT2D eigenvalue weighted by Gasteiger charge is 2.09. The summed E-state index contributed by atoms with van der Waals surface area (Å²) in [6.07, 6.45) is 5.37. The molecule has 0 atom stereocenters. The molecule has 0 aliphatic rings. The predicted molar refractivity (Wildman–Crippen MR) is 77.8 cm³/mol. The highest BCUT2D eigenvalue weighted by molar-refractivity contribution is 9.11. The van der Waals surface area contributed by atoms with E-state index in [9.17, 15) is 4.79 Å². The summed E-state index contributed by atoms with van der Waals surface area (Å²) >= 11 is 6.65. The number of rotatable bonds is 3. The third kappa shape index (κ3) is 2.75. The fourth-order valence-electron chi connectivity index (χ4n) is 1.78. The quantitative estimate of drug-likeness (QED) is 0.827. The van der Waals surface area contributed by atoms with E-state index in [2.05, 4.69) is 55.3 Å². The monoisotopic (exact) mass is 373 g/mol. The molecule has 96 valence electrons. The lowest BCUT2D eigenvalue weighted by molar-refractivity contribution is 0.557. The van der Waals surface area contributed by atoms with Gasteiger partial charge in [0.25, 0.3) is 5.56 Å². The maximum atomic E-state index is 12.0. The van der Waals surface area contributed by atoms with Crippen LogP contribution < -0.4 is 5.56 Å². The van der Waals surface area contributed by atoms with Gasteiger partial charge in [0.1, 0.15) is 0 Å². The molecule has 0 fully saturated rings. The smallest absolute Gasteiger partial charge is 0.265 e. The lowest BCUT2D eigenvalue weighted by Gasteiger charge is -2.13. The zero-order chi connectivity index (χ0) is 13.3. The summed E-state index contributed by atoms with van der Waals surface area (Å²) in [5, 5.41) is 0. The molecular weight excluding hydrogens is 362 g/mol. The van der Waals surface area contributed by atoms with E-state index >= 15 is 0 Å². The fourth-order valence-corrected chi connectivity index (χ4v) is 3.03. The lowest BCUT2D eigenvalue weighted by atomic mass is 10.3. The van der Waals surface area contributed by atoms with Gasteiger partial charge in [0, 0.05) is 22.9 Å². The molecule has 18 heavy (non-hydrogen) atoms. The molecule has 2 aromatic heterocycles. The van der Waals surface area contributed by atoms with Gasteiger partial charge in [-0.25, -0.2) is 4.98 Å². The minimum atomic E-state index is -0.0466. The van der Waals surface area contributed by atoms with Crippen LogP contribution in [0.1, 0.15) is 25.6 Å². The van der Waals surface area contributed by atoms with Crippen molar-refractivity contribution in [1.82, 2.24) is 14.1 Å². The fraction of sp³-hybridized carbons (Fsp3) is 0.333. The van der Waals surface area contributed by atoms with Gasteiger partial charge in [-0.1, -0.05) is 0 Å². The van der Waals surface area contributed by atoms with Gasteiger partial charge in [-0.05, 0) is 51.8 Å². The van der Waals surface area contributed by atoms with Crippen molar-refractivity contribution < 1.29 is 0 Å². The standard InChI is InChI=1S/C12H13Br2N3O/c1-8(2)17-7-15-4-10(17)6-16-5-9(13)3-11(14)12(16)18/h3-5,7-8H,6H2,1-2H3. The second-order valence-corrected chi connectivity index (χ2v) is 6.10. The number of halogens is 2. The van der Waals surface area contributed by atoms with E-state index < -0.39 is 0 Å². The molecule has 0 radical (unpaired) electrons. The first-order valence-electron chi connectivity index (χ1n) is 5.55. The van der Waals surface area contributed by atoms with Crippen molar-refractivity contribution in [3.8, 4) is 0 Å². The Morgan fingerprint density at radius 2 is 2.11 bits per heavy atom. The minimum Gasteiger partial charge on any atom is -0.330 e. The van der Waals surface area contributed by atoms with E-state index in [-0.39, 0.29) is 5.56 Å². The minimum absolute atomic E-state index is 0.0466. The Labute approximate surface area is 122 Å². The van der Waals surface area contributed by atoms with Gasteiger partial charge in [-0.3, -0.25) is 4.79 Å². The first-order chi connectivity index (χ1) is 8.49. The third-order valence-corrected chi connectivity index (χ3v) is 3.65. The van der Waals surface area contributed by atoms with Crippen molar-refractivity contribution in [1.29, 1.82) is 0 Å². The largest absolute Gasteiger partial charge is 0.330 e. The van der Waals surface area contributed by atoms with Crippen LogP contribution >= 0.6 is 31.9 Å². The van der Waals surface area contributed by atoms with Crippen molar-refractivity contribution >= 4 is 31.9 Å². The molecule has 6 heteroatoms. The molecule has 0 N–H and O–H groups in total. The average Bonchev–Trinajstić information content (AvgIpc) is 2.73. The second kappa shape index (κ2) is 5.40. The molecule has 0 bridgehead atoms. The van der Waals surface area contributed by atoms with Crippen LogP contribution in [0.4, 0.5) is 0 Å². The molecule has 0 unspecified atom stereocenters. The molecule has 2 heterocycles. The van der Waals surface area contributed by atoms with Crippen LogP contribution in [0.3, 0.4) is 0 Å². The summed E-state index contributed by atoms with van der Waals surface area (Å²) in [4.78, 5) is 16.1. The molecule has 4 nitrogen and oxygen atoms in total. The Kier molecular flexibility index (Phi) is 4.07. The molecule has 2 aromatic rings. The number of pyridine rings is 1. The van der Waals surface area contributed by atoms with E-state index in [1.807, 2.05) is 0 Å². The number of nitrogens with zero attached hydrogens (tertiary/aromatic N) is 3. The normalized spacial score (nSPS) is 11.2. The van der Waals surface area contributed by atoms with Crippen LogP contribution in [-0.2, 0) is 6.54 Å². The van der Waals surface area contributed by atoms with Gasteiger partial charge >= 0.3 is 0 Å². The van der Waals surface area contributed by atoms with Crippen LogP contribution in [0, 0.1) is 0 Å². The zero-order valence-corrected chi connectivity index (χ0v) is 13.3. The second-order valence-electron chi connectivity index (χ2n) is 4.33. The molecule has 0 spiro atoms. The van der Waals surface area contributed by atoms with Gasteiger partial charge < -0.3 is 9.13 Å². The van der Waals surface area contributed by atoms with Crippen molar-refractivity contribution in [3.05, 3.63) is 49.8 Å². The zero-order valence-electron chi connectivity index (χ0n) is 10.1. The Balaban J connectivity index is 2.40. The van der Waals surface area contributed by atoms with Gasteiger partial charge in [0.2, 0.25) is 0 Å². The molecule has 0 aromatic carbocycles. The third-order valence-electron chi connectivity index (χ3n) is 2.64. The number of imidazole rings is 1. The average molecular weight is 375 g/mol.